The van der Waals surface area contributed by atoms with E-state index in [2.05, 4.69) is 25.8 Å². The van der Waals surface area contributed by atoms with E-state index in [4.69, 9.17) is 0 Å². The van der Waals surface area contributed by atoms with Crippen LogP contribution in [0.3, 0.4) is 0 Å². The lowest BCUT2D eigenvalue weighted by molar-refractivity contribution is 1.14. The first-order chi connectivity index (χ1) is 5.83. The lowest BCUT2D eigenvalue weighted by atomic mass is 10.4. The third-order valence-corrected chi connectivity index (χ3v) is 1.39. The normalized spacial score (nSPS) is 9.17. The number of hydrogen-bond donors (Lipinski definition) is 2. The number of nitrogens with zero attached hydrogens (tertiary/aromatic N) is 3. The Labute approximate surface area is 69.4 Å². The number of nitroso groups, excluding NO2 is 1. The van der Waals surface area contributed by atoms with E-state index in [9.17, 15) is 4.91 Å². The molecule has 12 heavy (non-hydrogen) atoms. The van der Waals surface area contributed by atoms with Crippen molar-refractivity contribution in [1.82, 2.24) is 9.97 Å². The van der Waals surface area contributed by atoms with Crippen LogP contribution < -0.4 is 10.6 Å². The van der Waals surface area contributed by atoms with E-state index in [1.807, 2.05) is 0 Å². The molecule has 0 aliphatic carbocycles. The van der Waals surface area contributed by atoms with E-state index in [1.54, 1.807) is 14.1 Å². The van der Waals surface area contributed by atoms with Crippen LogP contribution in [0.2, 0.25) is 0 Å². The fourth-order valence-corrected chi connectivity index (χ4v) is 0.831. The second kappa shape index (κ2) is 3.61. The second-order valence-electron chi connectivity index (χ2n) is 2.01. The Morgan fingerprint density at radius 3 is 2.08 bits per heavy atom. The zero-order valence-corrected chi connectivity index (χ0v) is 6.83. The molecule has 1 aromatic heterocycles. The first-order valence-corrected chi connectivity index (χ1v) is 3.37. The molecular weight excluding hydrogens is 158 g/mol. The number of rotatable bonds is 3. The SMILES string of the molecule is CNc1ncnc(NC)c1N=O. The lowest BCUT2D eigenvalue weighted by Crippen LogP contribution is -1.98. The van der Waals surface area contributed by atoms with Gasteiger partial charge in [-0.3, -0.25) is 0 Å². The Balaban J connectivity index is 3.21. The Bertz CT molecular complexity index is 265. The van der Waals surface area contributed by atoms with Gasteiger partial charge in [0.25, 0.3) is 0 Å². The molecule has 0 unspecified atom stereocenters. The molecule has 0 radical (unpaired) electrons. The van der Waals surface area contributed by atoms with Gasteiger partial charge in [0.15, 0.2) is 17.3 Å². The molecule has 1 heterocycles. The van der Waals surface area contributed by atoms with E-state index in [1.165, 1.54) is 6.33 Å². The van der Waals surface area contributed by atoms with Crippen LogP contribution in [0.1, 0.15) is 0 Å². The fourth-order valence-electron chi connectivity index (χ4n) is 0.831. The quantitative estimate of drug-likeness (QED) is 0.655. The molecule has 2 N–H and O–H groups in total. The monoisotopic (exact) mass is 167 g/mol. The van der Waals surface area contributed by atoms with Crippen molar-refractivity contribution in [3.63, 3.8) is 0 Å². The summed E-state index contributed by atoms with van der Waals surface area (Å²) in [5.74, 6) is 0.841. The van der Waals surface area contributed by atoms with E-state index >= 15 is 0 Å². The molecule has 0 spiro atoms. The topological polar surface area (TPSA) is 79.3 Å². The molecule has 0 fully saturated rings. The standard InChI is InChI=1S/C6H9N5O/c1-7-5-4(11-12)6(8-2)10-3-9-5/h3H,1-2H3,(H2,7,8,9,10). The third-order valence-electron chi connectivity index (χ3n) is 1.39. The van der Waals surface area contributed by atoms with Gasteiger partial charge in [-0.05, 0) is 5.18 Å². The molecule has 0 aliphatic rings. The molecule has 6 heteroatoms. The molecule has 0 saturated heterocycles. The van der Waals surface area contributed by atoms with E-state index in [0.29, 0.717) is 11.6 Å². The maximum atomic E-state index is 10.4. The summed E-state index contributed by atoms with van der Waals surface area (Å²) in [6.07, 6.45) is 1.35. The number of aromatic nitrogens is 2. The zero-order chi connectivity index (χ0) is 8.97. The Morgan fingerprint density at radius 2 is 1.75 bits per heavy atom. The first-order valence-electron chi connectivity index (χ1n) is 3.37. The van der Waals surface area contributed by atoms with Crippen LogP contribution in [0.4, 0.5) is 17.3 Å². The molecule has 0 atom stereocenters. The molecule has 0 bridgehead atoms. The van der Waals surface area contributed by atoms with Crippen molar-refractivity contribution in [3.05, 3.63) is 11.2 Å². The summed E-state index contributed by atoms with van der Waals surface area (Å²) in [7, 11) is 3.33. The van der Waals surface area contributed by atoms with Gasteiger partial charge in [0, 0.05) is 14.1 Å². The molecule has 0 aliphatic heterocycles. The Hall–Kier alpha value is -1.72. The van der Waals surface area contributed by atoms with Gasteiger partial charge in [0.2, 0.25) is 0 Å². The van der Waals surface area contributed by atoms with Crippen molar-refractivity contribution in [2.45, 2.75) is 0 Å². The molecule has 0 saturated carbocycles. The smallest absolute Gasteiger partial charge is 0.192 e. The maximum Gasteiger partial charge on any atom is 0.192 e. The van der Waals surface area contributed by atoms with Gasteiger partial charge in [-0.2, -0.15) is 0 Å². The third kappa shape index (κ3) is 1.31. The van der Waals surface area contributed by atoms with Crippen LogP contribution in [0, 0.1) is 4.91 Å². The molecule has 64 valence electrons. The van der Waals surface area contributed by atoms with Crippen molar-refractivity contribution in [2.75, 3.05) is 24.7 Å². The van der Waals surface area contributed by atoms with Gasteiger partial charge in [-0.1, -0.05) is 0 Å². The molecule has 0 aromatic carbocycles. The van der Waals surface area contributed by atoms with Gasteiger partial charge >= 0.3 is 0 Å². The zero-order valence-electron chi connectivity index (χ0n) is 6.83. The lowest BCUT2D eigenvalue weighted by Gasteiger charge is -2.04. The van der Waals surface area contributed by atoms with Crippen molar-refractivity contribution in [2.24, 2.45) is 5.18 Å². The van der Waals surface area contributed by atoms with Crippen LogP contribution in [-0.2, 0) is 0 Å². The van der Waals surface area contributed by atoms with Gasteiger partial charge < -0.3 is 10.6 Å². The highest BCUT2D eigenvalue weighted by Gasteiger charge is 2.08. The van der Waals surface area contributed by atoms with Crippen molar-refractivity contribution < 1.29 is 0 Å². The van der Waals surface area contributed by atoms with Crippen LogP contribution in [0.5, 0.6) is 0 Å². The summed E-state index contributed by atoms with van der Waals surface area (Å²) in [5, 5.41) is 8.28. The average Bonchev–Trinajstić information content (AvgIpc) is 2.16. The average molecular weight is 167 g/mol. The second-order valence-corrected chi connectivity index (χ2v) is 2.01. The summed E-state index contributed by atoms with van der Waals surface area (Å²) in [6.45, 7) is 0. The Morgan fingerprint density at radius 1 is 1.25 bits per heavy atom. The first kappa shape index (κ1) is 8.38. The highest BCUT2D eigenvalue weighted by Crippen LogP contribution is 2.28. The van der Waals surface area contributed by atoms with Gasteiger partial charge in [0.1, 0.15) is 6.33 Å². The van der Waals surface area contributed by atoms with Crippen LogP contribution in [0.25, 0.3) is 0 Å². The van der Waals surface area contributed by atoms with Crippen LogP contribution in [-0.4, -0.2) is 24.1 Å². The minimum Gasteiger partial charge on any atom is -0.371 e. The van der Waals surface area contributed by atoms with E-state index in [0.717, 1.165) is 0 Å². The molecule has 1 aromatic rings. The predicted molar refractivity (Wildman–Crippen MR) is 46.6 cm³/mol. The Kier molecular flexibility index (Phi) is 2.52. The molecule has 6 nitrogen and oxygen atoms in total. The summed E-state index contributed by atoms with van der Waals surface area (Å²) in [4.78, 5) is 18.0. The summed E-state index contributed by atoms with van der Waals surface area (Å²) in [5.41, 5.74) is 0.197. The van der Waals surface area contributed by atoms with Gasteiger partial charge in [-0.25, -0.2) is 9.97 Å². The minimum atomic E-state index is 0.197. The molecule has 0 amide bonds. The van der Waals surface area contributed by atoms with Crippen molar-refractivity contribution in [1.29, 1.82) is 0 Å². The molecular formula is C6H9N5O. The summed E-state index contributed by atoms with van der Waals surface area (Å²) in [6, 6.07) is 0. The van der Waals surface area contributed by atoms with Gasteiger partial charge in [0.05, 0.1) is 0 Å². The number of nitrogens with one attached hydrogen (secondary N) is 2. The minimum absolute atomic E-state index is 0.197. The fraction of sp³-hybridized carbons (Fsp3) is 0.333. The summed E-state index contributed by atoms with van der Waals surface area (Å²) < 4.78 is 0. The van der Waals surface area contributed by atoms with Crippen LogP contribution >= 0.6 is 0 Å². The number of anilines is 2. The number of hydrogen-bond acceptors (Lipinski definition) is 6. The highest BCUT2D eigenvalue weighted by molar-refractivity contribution is 5.72. The van der Waals surface area contributed by atoms with Crippen molar-refractivity contribution >= 4 is 17.3 Å². The predicted octanol–water partition coefficient (Wildman–Crippen LogP) is 0.958. The maximum absolute atomic E-state index is 10.4. The summed E-state index contributed by atoms with van der Waals surface area (Å²) >= 11 is 0. The van der Waals surface area contributed by atoms with Crippen LogP contribution in [0.15, 0.2) is 11.5 Å². The van der Waals surface area contributed by atoms with Gasteiger partial charge in [-0.15, -0.1) is 4.91 Å². The molecule has 1 rings (SSSR count). The van der Waals surface area contributed by atoms with Crippen molar-refractivity contribution in [3.8, 4) is 0 Å². The van der Waals surface area contributed by atoms with E-state index < -0.39 is 0 Å². The van der Waals surface area contributed by atoms with E-state index in [-0.39, 0.29) is 5.69 Å². The highest BCUT2D eigenvalue weighted by atomic mass is 16.3. The largest absolute Gasteiger partial charge is 0.371 e.